The predicted octanol–water partition coefficient (Wildman–Crippen LogP) is 5.66. The Morgan fingerprint density at radius 1 is 1.10 bits per heavy atom. The smallest absolute Gasteiger partial charge is 0.309 e. The van der Waals surface area contributed by atoms with Crippen LogP contribution in [-0.2, 0) is 16.0 Å². The van der Waals surface area contributed by atoms with Crippen LogP contribution in [0.5, 0.6) is 0 Å². The van der Waals surface area contributed by atoms with Crippen LogP contribution in [0.1, 0.15) is 55.6 Å². The maximum absolute atomic E-state index is 13.3. The predicted molar refractivity (Wildman–Crippen MR) is 114 cm³/mol. The van der Waals surface area contributed by atoms with Gasteiger partial charge in [0.05, 0.1) is 11.3 Å². The monoisotopic (exact) mass is 411 g/mol. The molecule has 1 amide bonds. The molecule has 0 spiro atoms. The number of carbonyl (C=O) groups is 2. The first kappa shape index (κ1) is 20.0. The summed E-state index contributed by atoms with van der Waals surface area (Å²) in [6.07, 6.45) is 6.39. The molecule has 0 saturated heterocycles. The minimum atomic E-state index is -0.726. The van der Waals surface area contributed by atoms with Gasteiger partial charge in [-0.05, 0) is 73.4 Å². The number of rotatable bonds is 7. The number of amides is 1. The Hall–Kier alpha value is -2.33. The summed E-state index contributed by atoms with van der Waals surface area (Å²) < 4.78 is 0. The quantitative estimate of drug-likeness (QED) is 0.617. The maximum atomic E-state index is 13.3. The molecule has 0 aliphatic heterocycles. The van der Waals surface area contributed by atoms with E-state index in [1.54, 1.807) is 0 Å². The molecule has 4 nitrogen and oxygen atoms in total. The van der Waals surface area contributed by atoms with Gasteiger partial charge < -0.3 is 10.4 Å². The van der Waals surface area contributed by atoms with Crippen LogP contribution >= 0.6 is 11.6 Å². The first-order valence-corrected chi connectivity index (χ1v) is 10.7. The van der Waals surface area contributed by atoms with Crippen molar-refractivity contribution in [2.75, 3.05) is 5.32 Å². The second-order valence-electron chi connectivity index (χ2n) is 8.53. The number of benzene rings is 2. The second kappa shape index (κ2) is 8.19. The van der Waals surface area contributed by atoms with Gasteiger partial charge in [-0.3, -0.25) is 9.59 Å². The Kier molecular flexibility index (Phi) is 5.64. The second-order valence-corrected chi connectivity index (χ2v) is 8.96. The van der Waals surface area contributed by atoms with Gasteiger partial charge in [0.25, 0.3) is 0 Å². The third kappa shape index (κ3) is 4.48. The normalized spacial score (nSPS) is 18.9. The molecule has 2 fully saturated rings. The SMILES string of the molecule is O=C(Nc1cccc(CC2(C(=O)O)CC2)c1)[C@H](c1ccc(Cl)cc1)C1CCCC1. The zero-order chi connectivity index (χ0) is 20.4. The van der Waals surface area contributed by atoms with Crippen LogP contribution in [-0.4, -0.2) is 17.0 Å². The zero-order valence-electron chi connectivity index (χ0n) is 16.4. The fourth-order valence-corrected chi connectivity index (χ4v) is 4.71. The highest BCUT2D eigenvalue weighted by atomic mass is 35.5. The van der Waals surface area contributed by atoms with Crippen molar-refractivity contribution in [2.24, 2.45) is 11.3 Å². The van der Waals surface area contributed by atoms with Gasteiger partial charge in [-0.15, -0.1) is 0 Å². The Morgan fingerprint density at radius 2 is 1.79 bits per heavy atom. The topological polar surface area (TPSA) is 66.4 Å². The molecule has 4 rings (SSSR count). The standard InChI is InChI=1S/C24H26ClNO3/c25-19-10-8-18(9-11-19)21(17-5-1-2-6-17)22(27)26-20-7-3-4-16(14-20)15-24(12-13-24)23(28)29/h3-4,7-11,14,17,21H,1-2,5-6,12-13,15H2,(H,26,27)(H,28,29)/t21-/m0/s1. The van der Waals surface area contributed by atoms with Crippen LogP contribution in [0.2, 0.25) is 5.02 Å². The van der Waals surface area contributed by atoms with E-state index >= 15 is 0 Å². The number of nitrogens with one attached hydrogen (secondary N) is 1. The van der Waals surface area contributed by atoms with Crippen molar-refractivity contribution < 1.29 is 14.7 Å². The minimum Gasteiger partial charge on any atom is -0.481 e. The van der Waals surface area contributed by atoms with Crippen LogP contribution in [0.25, 0.3) is 0 Å². The lowest BCUT2D eigenvalue weighted by Gasteiger charge is -2.23. The molecule has 2 aromatic carbocycles. The summed E-state index contributed by atoms with van der Waals surface area (Å²) in [7, 11) is 0. The molecule has 1 atom stereocenters. The van der Waals surface area contributed by atoms with Crippen molar-refractivity contribution in [3.63, 3.8) is 0 Å². The molecule has 2 N–H and O–H groups in total. The summed E-state index contributed by atoms with van der Waals surface area (Å²) in [5.41, 5.74) is 2.06. The van der Waals surface area contributed by atoms with E-state index in [2.05, 4.69) is 5.32 Å². The third-order valence-electron chi connectivity index (χ3n) is 6.43. The van der Waals surface area contributed by atoms with Gasteiger partial charge in [0.2, 0.25) is 5.91 Å². The van der Waals surface area contributed by atoms with E-state index < -0.39 is 11.4 Å². The number of carboxylic acids is 1. The summed E-state index contributed by atoms with van der Waals surface area (Å²) in [4.78, 5) is 24.8. The Morgan fingerprint density at radius 3 is 2.41 bits per heavy atom. The van der Waals surface area contributed by atoms with Crippen LogP contribution in [0.4, 0.5) is 5.69 Å². The van der Waals surface area contributed by atoms with E-state index in [9.17, 15) is 14.7 Å². The van der Waals surface area contributed by atoms with Gasteiger partial charge in [0.15, 0.2) is 0 Å². The number of aliphatic carboxylic acids is 1. The van der Waals surface area contributed by atoms with Crippen molar-refractivity contribution in [3.05, 3.63) is 64.7 Å². The van der Waals surface area contributed by atoms with Gasteiger partial charge in [-0.2, -0.15) is 0 Å². The molecule has 0 heterocycles. The van der Waals surface area contributed by atoms with E-state index in [0.29, 0.717) is 17.4 Å². The summed E-state index contributed by atoms with van der Waals surface area (Å²) in [5.74, 6) is -0.597. The molecular formula is C24H26ClNO3. The minimum absolute atomic E-state index is 0.00394. The van der Waals surface area contributed by atoms with Gasteiger partial charge in [-0.25, -0.2) is 0 Å². The van der Waals surface area contributed by atoms with Crippen molar-refractivity contribution in [1.29, 1.82) is 0 Å². The number of carbonyl (C=O) groups excluding carboxylic acids is 1. The van der Waals surface area contributed by atoms with Crippen LogP contribution in [0.3, 0.4) is 0 Å². The van der Waals surface area contributed by atoms with Crippen molar-refractivity contribution >= 4 is 29.2 Å². The molecule has 0 unspecified atom stereocenters. The summed E-state index contributed by atoms with van der Waals surface area (Å²) in [5, 5.41) is 13.2. The highest BCUT2D eigenvalue weighted by molar-refractivity contribution is 6.30. The Labute approximate surface area is 176 Å². The number of hydrogen-bond donors (Lipinski definition) is 2. The molecule has 2 aliphatic carbocycles. The van der Waals surface area contributed by atoms with E-state index in [0.717, 1.165) is 55.3 Å². The van der Waals surface area contributed by atoms with E-state index in [1.807, 2.05) is 48.5 Å². The average molecular weight is 412 g/mol. The van der Waals surface area contributed by atoms with Gasteiger partial charge in [-0.1, -0.05) is 48.7 Å². The Bertz CT molecular complexity index is 899. The lowest BCUT2D eigenvalue weighted by Crippen LogP contribution is -2.26. The first-order chi connectivity index (χ1) is 14.0. The molecule has 2 aliphatic rings. The molecular weight excluding hydrogens is 386 g/mol. The lowest BCUT2D eigenvalue weighted by atomic mass is 9.84. The van der Waals surface area contributed by atoms with Crippen molar-refractivity contribution in [1.82, 2.24) is 0 Å². The highest BCUT2D eigenvalue weighted by Crippen LogP contribution is 2.48. The van der Waals surface area contributed by atoms with Gasteiger partial charge in [0, 0.05) is 10.7 Å². The Balaban J connectivity index is 1.52. The molecule has 5 heteroatoms. The summed E-state index contributed by atoms with van der Waals surface area (Å²) in [6, 6.07) is 15.2. The van der Waals surface area contributed by atoms with Gasteiger partial charge in [0.1, 0.15) is 0 Å². The van der Waals surface area contributed by atoms with Gasteiger partial charge >= 0.3 is 5.97 Å². The first-order valence-electron chi connectivity index (χ1n) is 10.4. The highest BCUT2D eigenvalue weighted by Gasteiger charge is 2.49. The van der Waals surface area contributed by atoms with E-state index in [-0.39, 0.29) is 11.8 Å². The van der Waals surface area contributed by atoms with Crippen molar-refractivity contribution in [3.8, 4) is 0 Å². The zero-order valence-corrected chi connectivity index (χ0v) is 17.1. The average Bonchev–Trinajstić information content (AvgIpc) is 3.28. The molecule has 2 saturated carbocycles. The van der Waals surface area contributed by atoms with Crippen LogP contribution in [0, 0.1) is 11.3 Å². The number of halogens is 1. The summed E-state index contributed by atoms with van der Waals surface area (Å²) >= 11 is 6.04. The molecule has 0 bridgehead atoms. The molecule has 0 radical (unpaired) electrons. The lowest BCUT2D eigenvalue weighted by molar-refractivity contribution is -0.143. The largest absolute Gasteiger partial charge is 0.481 e. The maximum Gasteiger partial charge on any atom is 0.309 e. The van der Waals surface area contributed by atoms with Crippen molar-refractivity contribution in [2.45, 2.75) is 50.9 Å². The third-order valence-corrected chi connectivity index (χ3v) is 6.68. The summed E-state index contributed by atoms with van der Waals surface area (Å²) in [6.45, 7) is 0. The fourth-order valence-electron chi connectivity index (χ4n) is 4.59. The molecule has 0 aromatic heterocycles. The number of carboxylic acid groups (broad SMARTS) is 1. The molecule has 2 aromatic rings. The van der Waals surface area contributed by atoms with E-state index in [1.165, 1.54) is 0 Å². The number of hydrogen-bond acceptors (Lipinski definition) is 2. The molecule has 29 heavy (non-hydrogen) atoms. The fraction of sp³-hybridized carbons (Fsp3) is 0.417. The van der Waals surface area contributed by atoms with Crippen LogP contribution < -0.4 is 5.32 Å². The number of anilines is 1. The molecule has 152 valence electrons. The van der Waals surface area contributed by atoms with Crippen LogP contribution in [0.15, 0.2) is 48.5 Å². The van der Waals surface area contributed by atoms with E-state index in [4.69, 9.17) is 11.6 Å².